The number of carbonyl (C=O) groups is 1. The Hall–Kier alpha value is -4.41. The van der Waals surface area contributed by atoms with Gasteiger partial charge in [0.1, 0.15) is 35.0 Å². The first-order chi connectivity index (χ1) is 22.2. The maximum Gasteiger partial charge on any atom is 0.320 e. The molecule has 46 heavy (non-hydrogen) atoms. The maximum absolute atomic E-state index is 16.0. The lowest BCUT2D eigenvalue weighted by molar-refractivity contribution is -0.127. The molecule has 2 unspecified atom stereocenters. The van der Waals surface area contributed by atoms with Gasteiger partial charge in [-0.05, 0) is 56.1 Å². The molecule has 4 aromatic rings. The Morgan fingerprint density at radius 1 is 1.22 bits per heavy atom. The highest BCUT2D eigenvalue weighted by Crippen LogP contribution is 2.43. The third-order valence-corrected chi connectivity index (χ3v) is 10.5. The smallest absolute Gasteiger partial charge is 0.320 e. The monoisotopic (exact) mass is 648 g/mol. The fourth-order valence-corrected chi connectivity index (χ4v) is 8.10. The van der Waals surface area contributed by atoms with Crippen molar-refractivity contribution in [3.8, 4) is 29.1 Å². The number of rotatable bonds is 7. The fourth-order valence-electron chi connectivity index (χ4n) is 7.15. The Balaban J connectivity index is 1.29. The summed E-state index contributed by atoms with van der Waals surface area (Å²) in [6.45, 7) is 7.41. The van der Waals surface area contributed by atoms with E-state index in [4.69, 9.17) is 15.2 Å². The average Bonchev–Trinajstić information content (AvgIpc) is 3.79. The molecule has 3 aliphatic heterocycles. The molecular formula is C33H31F3N6O3S. The number of nitrogen functional groups attached to an aromatic ring is 1. The first-order valence-corrected chi connectivity index (χ1v) is 16.0. The lowest BCUT2D eigenvalue weighted by atomic mass is 9.97. The number of ether oxygens (including phenoxy) is 2. The molecule has 0 saturated carbocycles. The predicted octanol–water partition coefficient (Wildman–Crippen LogP) is 5.61. The number of anilines is 1. The minimum Gasteiger partial charge on any atom is -0.471 e. The molecule has 3 saturated heterocycles. The number of halogens is 3. The van der Waals surface area contributed by atoms with E-state index in [0.29, 0.717) is 37.0 Å². The van der Waals surface area contributed by atoms with Gasteiger partial charge in [-0.15, -0.1) is 11.3 Å². The highest BCUT2D eigenvalue weighted by molar-refractivity contribution is 7.23. The van der Waals surface area contributed by atoms with Crippen LogP contribution in [0.3, 0.4) is 0 Å². The van der Waals surface area contributed by atoms with E-state index in [2.05, 4.69) is 21.4 Å². The van der Waals surface area contributed by atoms with Crippen LogP contribution in [0, 0.1) is 28.9 Å². The number of carbonyl (C=O) groups excluding carboxylic acids is 1. The molecule has 7 rings (SSSR count). The topological polar surface area (TPSA) is 118 Å². The summed E-state index contributed by atoms with van der Waals surface area (Å²) in [7, 11) is 0. The van der Waals surface area contributed by atoms with Gasteiger partial charge in [-0.25, -0.2) is 13.2 Å². The number of likely N-dealkylation sites (tertiary alicyclic amines) is 1. The molecule has 5 heterocycles. The van der Waals surface area contributed by atoms with Gasteiger partial charge in [0.25, 0.3) is 0 Å². The standard InChI is InChI=1S/C33H31F3N6O3S/c1-3-28(43)42-9-7-27(16(42)2)45-32-21-11-24(36)20(19-4-5-23(35)30-29(19)22(13-37)31(38)46-30)12-25(21)39-33(40-32)44-15-17-6-8-41-14-18(34)10-26(17)41/h3-5,11-12,16-18,26-27H,1,6-10,14-15,38H2,2H3/t16-,17?,18-,26?,27-/m1/s1. The second-order valence-corrected chi connectivity index (χ2v) is 13.1. The SMILES string of the molecule is C=CC(=O)N1CC[C@@H](Oc2nc(OCC3CCN4C[C@H](F)CC34)nc3cc(-c4ccc(F)c5sc(N)c(C#N)c45)c(F)cc23)[C@H]1C. The van der Waals surface area contributed by atoms with Crippen LogP contribution in [0.5, 0.6) is 11.9 Å². The Morgan fingerprint density at radius 2 is 2.04 bits per heavy atom. The Bertz CT molecular complexity index is 1930. The summed E-state index contributed by atoms with van der Waals surface area (Å²) in [5.74, 6) is -1.24. The number of benzene rings is 2. The van der Waals surface area contributed by atoms with E-state index in [-0.39, 0.29) is 74.0 Å². The van der Waals surface area contributed by atoms with E-state index in [1.807, 2.05) is 13.0 Å². The summed E-state index contributed by atoms with van der Waals surface area (Å²) >= 11 is 0.931. The van der Waals surface area contributed by atoms with Crippen molar-refractivity contribution in [1.82, 2.24) is 19.8 Å². The highest BCUT2D eigenvalue weighted by atomic mass is 32.1. The lowest BCUT2D eigenvalue weighted by Gasteiger charge is -2.24. The van der Waals surface area contributed by atoms with Crippen molar-refractivity contribution in [1.29, 1.82) is 5.26 Å². The van der Waals surface area contributed by atoms with Gasteiger partial charge < -0.3 is 20.1 Å². The van der Waals surface area contributed by atoms with Crippen LogP contribution in [-0.2, 0) is 4.79 Å². The molecule has 0 bridgehead atoms. The molecule has 1 amide bonds. The minimum atomic E-state index is -0.850. The van der Waals surface area contributed by atoms with Gasteiger partial charge in [-0.3, -0.25) is 9.69 Å². The molecule has 3 fully saturated rings. The molecule has 238 valence electrons. The molecule has 13 heteroatoms. The average molecular weight is 649 g/mol. The van der Waals surface area contributed by atoms with Gasteiger partial charge in [-0.1, -0.05) is 12.6 Å². The van der Waals surface area contributed by atoms with Gasteiger partial charge in [0.2, 0.25) is 11.8 Å². The summed E-state index contributed by atoms with van der Waals surface area (Å²) in [6.07, 6.45) is 1.82. The van der Waals surface area contributed by atoms with E-state index in [0.717, 1.165) is 24.3 Å². The molecule has 5 atom stereocenters. The number of thiophene rings is 1. The van der Waals surface area contributed by atoms with Gasteiger partial charge in [-0.2, -0.15) is 15.2 Å². The van der Waals surface area contributed by atoms with Crippen molar-refractivity contribution < 1.29 is 27.4 Å². The maximum atomic E-state index is 16.0. The first-order valence-electron chi connectivity index (χ1n) is 15.2. The van der Waals surface area contributed by atoms with Crippen LogP contribution in [0.1, 0.15) is 31.7 Å². The Morgan fingerprint density at radius 3 is 2.83 bits per heavy atom. The van der Waals surface area contributed by atoms with Gasteiger partial charge in [0.15, 0.2) is 0 Å². The number of hydrogen-bond donors (Lipinski definition) is 1. The Kier molecular flexibility index (Phi) is 7.73. The molecule has 2 aromatic carbocycles. The largest absolute Gasteiger partial charge is 0.471 e. The number of amides is 1. The number of hydrogen-bond acceptors (Lipinski definition) is 9. The van der Waals surface area contributed by atoms with E-state index in [1.54, 1.807) is 4.90 Å². The quantitative estimate of drug-likeness (QED) is 0.257. The molecule has 2 aromatic heterocycles. The summed E-state index contributed by atoms with van der Waals surface area (Å²) in [4.78, 5) is 25.3. The van der Waals surface area contributed by atoms with Crippen LogP contribution in [0.2, 0.25) is 0 Å². The second-order valence-electron chi connectivity index (χ2n) is 12.1. The third kappa shape index (κ3) is 5.09. The number of nitrogens with zero attached hydrogens (tertiary/aromatic N) is 5. The van der Waals surface area contributed by atoms with Gasteiger partial charge >= 0.3 is 6.01 Å². The minimum absolute atomic E-state index is 0.0136. The summed E-state index contributed by atoms with van der Waals surface area (Å²) in [6, 6.07) is 7.22. The molecular weight excluding hydrogens is 617 g/mol. The van der Waals surface area contributed by atoms with E-state index in [1.165, 1.54) is 30.3 Å². The molecule has 9 nitrogen and oxygen atoms in total. The van der Waals surface area contributed by atoms with Crippen LogP contribution in [0.25, 0.3) is 32.1 Å². The van der Waals surface area contributed by atoms with Crippen molar-refractivity contribution in [3.63, 3.8) is 0 Å². The lowest BCUT2D eigenvalue weighted by Crippen LogP contribution is -2.38. The number of alkyl halides is 1. The van der Waals surface area contributed by atoms with Crippen LogP contribution < -0.4 is 15.2 Å². The zero-order chi connectivity index (χ0) is 32.3. The van der Waals surface area contributed by atoms with Crippen molar-refractivity contribution in [2.45, 2.75) is 50.5 Å². The molecule has 0 aliphatic carbocycles. The molecule has 0 spiro atoms. The molecule has 0 radical (unpaired) electrons. The van der Waals surface area contributed by atoms with Crippen molar-refractivity contribution in [2.24, 2.45) is 5.92 Å². The summed E-state index contributed by atoms with van der Waals surface area (Å²) in [5.41, 5.74) is 6.79. The van der Waals surface area contributed by atoms with Crippen molar-refractivity contribution >= 4 is 43.2 Å². The van der Waals surface area contributed by atoms with Gasteiger partial charge in [0.05, 0.1) is 33.8 Å². The zero-order valence-electron chi connectivity index (χ0n) is 25.0. The van der Waals surface area contributed by atoms with E-state index >= 15 is 4.39 Å². The molecule has 3 aliphatic rings. The second kappa shape index (κ2) is 11.7. The normalized spacial score (nSPS) is 24.4. The number of aromatic nitrogens is 2. The number of nitriles is 1. The van der Waals surface area contributed by atoms with E-state index in [9.17, 15) is 18.8 Å². The fraction of sp³-hybridized carbons (Fsp3) is 0.394. The van der Waals surface area contributed by atoms with Crippen LogP contribution in [0.4, 0.5) is 18.2 Å². The predicted molar refractivity (Wildman–Crippen MR) is 168 cm³/mol. The first kappa shape index (κ1) is 30.3. The van der Waals surface area contributed by atoms with Crippen LogP contribution >= 0.6 is 11.3 Å². The third-order valence-electron chi connectivity index (χ3n) is 9.51. The summed E-state index contributed by atoms with van der Waals surface area (Å²) < 4.78 is 57.5. The number of fused-ring (bicyclic) bond motifs is 3. The number of nitrogens with two attached hydrogens (primary N) is 1. The van der Waals surface area contributed by atoms with Crippen LogP contribution in [-0.4, -0.2) is 76.3 Å². The summed E-state index contributed by atoms with van der Waals surface area (Å²) in [5, 5.41) is 10.4. The highest BCUT2D eigenvalue weighted by Gasteiger charge is 2.42. The van der Waals surface area contributed by atoms with E-state index < -0.39 is 23.9 Å². The Labute approximate surface area is 267 Å². The van der Waals surface area contributed by atoms with Crippen LogP contribution in [0.15, 0.2) is 36.9 Å². The van der Waals surface area contributed by atoms with Crippen molar-refractivity contribution in [2.75, 3.05) is 32.0 Å². The van der Waals surface area contributed by atoms with Crippen molar-refractivity contribution in [3.05, 3.63) is 54.1 Å². The van der Waals surface area contributed by atoms with Gasteiger partial charge in [0, 0.05) is 42.4 Å². The zero-order valence-corrected chi connectivity index (χ0v) is 25.8. The molecule has 2 N–H and O–H groups in total.